The van der Waals surface area contributed by atoms with Crippen LogP contribution in [0.5, 0.6) is 5.75 Å². The smallest absolute Gasteiger partial charge is 0.168 e. The first-order valence-electron chi connectivity index (χ1n) is 7.65. The molecule has 22 heavy (non-hydrogen) atoms. The van der Waals surface area contributed by atoms with Gasteiger partial charge in [0.1, 0.15) is 5.75 Å². The maximum absolute atomic E-state index is 5.64. The first-order chi connectivity index (χ1) is 10.8. The molecule has 5 rings (SSSR count). The Morgan fingerprint density at radius 3 is 3.05 bits per heavy atom. The van der Waals surface area contributed by atoms with E-state index in [0.717, 1.165) is 24.8 Å². The van der Waals surface area contributed by atoms with E-state index < -0.39 is 0 Å². The number of ether oxygens (including phenoxy) is 1. The lowest BCUT2D eigenvalue weighted by atomic mass is 10.1. The fourth-order valence-corrected chi connectivity index (χ4v) is 5.50. The lowest BCUT2D eigenvalue weighted by molar-refractivity contribution is 0.420. The van der Waals surface area contributed by atoms with Crippen molar-refractivity contribution in [1.82, 2.24) is 4.90 Å². The number of benzene rings is 1. The third-order valence-electron chi connectivity index (χ3n) is 4.46. The number of thiophene rings is 1. The van der Waals surface area contributed by atoms with E-state index >= 15 is 0 Å². The highest BCUT2D eigenvalue weighted by Gasteiger charge is 2.40. The number of thioether (sulfide) groups is 1. The second-order valence-corrected chi connectivity index (χ2v) is 7.85. The normalized spacial score (nSPS) is 20.8. The van der Waals surface area contributed by atoms with Crippen molar-refractivity contribution in [3.05, 3.63) is 34.0 Å². The number of hydrogen-bond donors (Lipinski definition) is 0. The number of methoxy groups -OCH3 is 1. The zero-order valence-electron chi connectivity index (χ0n) is 12.3. The maximum Gasteiger partial charge on any atom is 0.168 e. The minimum absolute atomic E-state index is 0.748. The van der Waals surface area contributed by atoms with Crippen molar-refractivity contribution in [2.45, 2.75) is 12.8 Å². The zero-order valence-corrected chi connectivity index (χ0v) is 14.0. The molecule has 1 fully saturated rings. The molecule has 0 saturated heterocycles. The molecule has 0 bridgehead atoms. The fraction of sp³-hybridized carbons (Fsp3) is 0.353. The van der Waals surface area contributed by atoms with Gasteiger partial charge in [-0.3, -0.25) is 4.99 Å². The number of allylic oxidation sites excluding steroid dienone is 1. The lowest BCUT2D eigenvalue weighted by Crippen LogP contribution is -2.20. The van der Waals surface area contributed by atoms with Gasteiger partial charge in [0.15, 0.2) is 5.17 Å². The Hall–Kier alpha value is -1.46. The average Bonchev–Trinajstić information content (AvgIpc) is 2.96. The third-order valence-corrected chi connectivity index (χ3v) is 6.69. The van der Waals surface area contributed by atoms with Gasteiger partial charge in [0.25, 0.3) is 0 Å². The Kier molecular flexibility index (Phi) is 2.82. The van der Waals surface area contributed by atoms with Crippen molar-refractivity contribution in [3.63, 3.8) is 0 Å². The largest absolute Gasteiger partial charge is 0.495 e. The Morgan fingerprint density at radius 2 is 2.23 bits per heavy atom. The predicted molar refractivity (Wildman–Crippen MR) is 94.6 cm³/mol. The molecule has 1 aliphatic carbocycles. The maximum atomic E-state index is 5.64. The van der Waals surface area contributed by atoms with E-state index in [1.807, 2.05) is 11.8 Å². The van der Waals surface area contributed by atoms with Crippen molar-refractivity contribution in [3.8, 4) is 5.75 Å². The van der Waals surface area contributed by atoms with Gasteiger partial charge in [-0.05, 0) is 47.7 Å². The summed E-state index contributed by atoms with van der Waals surface area (Å²) in [5.41, 5.74) is 2.67. The van der Waals surface area contributed by atoms with E-state index in [-0.39, 0.29) is 0 Å². The molecule has 3 aliphatic rings. The molecule has 0 unspecified atom stereocenters. The zero-order chi connectivity index (χ0) is 14.7. The van der Waals surface area contributed by atoms with E-state index in [1.54, 1.807) is 18.4 Å². The van der Waals surface area contributed by atoms with Crippen LogP contribution in [-0.2, 0) is 0 Å². The molecular weight excluding hydrogens is 312 g/mol. The van der Waals surface area contributed by atoms with Gasteiger partial charge >= 0.3 is 0 Å². The van der Waals surface area contributed by atoms with Gasteiger partial charge in [-0.15, -0.1) is 11.3 Å². The standard InChI is InChI=1S/C17H16N2OS2/c1-20-13-9-12(8-11-4-7-21-15(11)13)14-16(10-2-3-10)22-17-18-5-6-19(14)17/h4,7-10H,2-3,5-6H2,1H3. The van der Waals surface area contributed by atoms with E-state index in [0.29, 0.717) is 0 Å². The first kappa shape index (κ1) is 13.0. The monoisotopic (exact) mass is 328 g/mol. The molecule has 3 heterocycles. The minimum Gasteiger partial charge on any atom is -0.495 e. The van der Waals surface area contributed by atoms with Crippen LogP contribution in [0, 0.1) is 5.92 Å². The summed E-state index contributed by atoms with van der Waals surface area (Å²) >= 11 is 3.64. The molecule has 0 atom stereocenters. The summed E-state index contributed by atoms with van der Waals surface area (Å²) in [5.74, 6) is 1.73. The summed E-state index contributed by atoms with van der Waals surface area (Å²) in [5, 5.41) is 4.61. The highest BCUT2D eigenvalue weighted by molar-refractivity contribution is 8.17. The van der Waals surface area contributed by atoms with Crippen LogP contribution in [0.3, 0.4) is 0 Å². The molecular formula is C17H16N2OS2. The molecule has 2 aliphatic heterocycles. The number of fused-ring (bicyclic) bond motifs is 2. The molecule has 1 saturated carbocycles. The van der Waals surface area contributed by atoms with E-state index in [4.69, 9.17) is 4.74 Å². The van der Waals surface area contributed by atoms with Crippen LogP contribution < -0.4 is 4.74 Å². The molecule has 0 spiro atoms. The first-order valence-corrected chi connectivity index (χ1v) is 9.34. The predicted octanol–water partition coefficient (Wildman–Crippen LogP) is 4.41. The summed E-state index contributed by atoms with van der Waals surface area (Å²) in [6, 6.07) is 6.71. The van der Waals surface area contributed by atoms with Gasteiger partial charge in [0.2, 0.25) is 0 Å². The molecule has 5 heteroatoms. The van der Waals surface area contributed by atoms with Crippen molar-refractivity contribution in [2.24, 2.45) is 10.9 Å². The van der Waals surface area contributed by atoms with Gasteiger partial charge in [0.05, 0.1) is 24.1 Å². The molecule has 0 amide bonds. The molecule has 1 aromatic heterocycles. The van der Waals surface area contributed by atoms with Gasteiger partial charge in [-0.2, -0.15) is 0 Å². The Bertz CT molecular complexity index is 832. The SMILES string of the molecule is COc1cc(C2=C(C3CC3)SC3=NCCN32)cc2ccsc12. The van der Waals surface area contributed by atoms with E-state index in [9.17, 15) is 0 Å². The van der Waals surface area contributed by atoms with Gasteiger partial charge in [0, 0.05) is 17.0 Å². The van der Waals surface area contributed by atoms with E-state index in [2.05, 4.69) is 33.5 Å². The van der Waals surface area contributed by atoms with Crippen LogP contribution >= 0.6 is 23.1 Å². The number of amidine groups is 1. The summed E-state index contributed by atoms with van der Waals surface area (Å²) < 4.78 is 6.88. The van der Waals surface area contributed by atoms with Crippen molar-refractivity contribution >= 4 is 44.0 Å². The average molecular weight is 328 g/mol. The van der Waals surface area contributed by atoms with Crippen molar-refractivity contribution < 1.29 is 4.74 Å². The Morgan fingerprint density at radius 1 is 1.32 bits per heavy atom. The third kappa shape index (κ3) is 1.85. The van der Waals surface area contributed by atoms with Crippen LogP contribution in [0.1, 0.15) is 18.4 Å². The number of hydrogen-bond acceptors (Lipinski definition) is 5. The summed E-state index contributed by atoms with van der Waals surface area (Å²) in [4.78, 5) is 8.59. The summed E-state index contributed by atoms with van der Waals surface area (Å²) in [7, 11) is 1.76. The second kappa shape index (κ2) is 4.77. The van der Waals surface area contributed by atoms with Crippen LogP contribution in [-0.4, -0.2) is 30.3 Å². The summed E-state index contributed by atoms with van der Waals surface area (Å²) in [6.45, 7) is 1.93. The minimum atomic E-state index is 0.748. The summed E-state index contributed by atoms with van der Waals surface area (Å²) in [6.07, 6.45) is 2.65. The molecule has 1 aromatic carbocycles. The molecule has 0 radical (unpaired) electrons. The quantitative estimate of drug-likeness (QED) is 0.834. The van der Waals surface area contributed by atoms with Gasteiger partial charge in [-0.25, -0.2) is 0 Å². The second-order valence-electron chi connectivity index (χ2n) is 5.92. The highest BCUT2D eigenvalue weighted by Crippen LogP contribution is 2.53. The molecule has 3 nitrogen and oxygen atoms in total. The van der Waals surface area contributed by atoms with E-state index in [1.165, 1.54) is 44.3 Å². The number of rotatable bonds is 3. The molecule has 2 aromatic rings. The fourth-order valence-electron chi connectivity index (χ4n) is 3.26. The molecule has 112 valence electrons. The number of aliphatic imine (C=N–C) groups is 1. The Balaban J connectivity index is 1.71. The number of nitrogens with zero attached hydrogens (tertiary/aromatic N) is 2. The molecule has 0 N–H and O–H groups in total. The highest BCUT2D eigenvalue weighted by atomic mass is 32.2. The van der Waals surface area contributed by atoms with Gasteiger partial charge < -0.3 is 9.64 Å². The lowest BCUT2D eigenvalue weighted by Gasteiger charge is -2.18. The van der Waals surface area contributed by atoms with Crippen LogP contribution in [0.2, 0.25) is 0 Å². The van der Waals surface area contributed by atoms with Crippen LogP contribution in [0.4, 0.5) is 0 Å². The van der Waals surface area contributed by atoms with Gasteiger partial charge in [-0.1, -0.05) is 11.8 Å². The van der Waals surface area contributed by atoms with Crippen LogP contribution in [0.15, 0.2) is 33.5 Å². The topological polar surface area (TPSA) is 24.8 Å². The van der Waals surface area contributed by atoms with Crippen molar-refractivity contribution in [1.29, 1.82) is 0 Å². The van der Waals surface area contributed by atoms with Crippen LogP contribution in [0.25, 0.3) is 15.8 Å². The Labute approximate surface area is 137 Å². The van der Waals surface area contributed by atoms with Crippen molar-refractivity contribution in [2.75, 3.05) is 20.2 Å².